The highest BCUT2D eigenvalue weighted by Crippen LogP contribution is 2.34. The van der Waals surface area contributed by atoms with Gasteiger partial charge in [0.2, 0.25) is 0 Å². The molecular formula is C14H15NS. The summed E-state index contributed by atoms with van der Waals surface area (Å²) >= 11 is 1.86. The van der Waals surface area contributed by atoms with Crippen molar-refractivity contribution in [2.75, 3.05) is 5.73 Å². The number of hydrogen-bond donors (Lipinski definition) is 1. The van der Waals surface area contributed by atoms with Crippen LogP contribution < -0.4 is 5.73 Å². The molecule has 0 saturated heterocycles. The van der Waals surface area contributed by atoms with Crippen molar-refractivity contribution in [3.8, 4) is 0 Å². The van der Waals surface area contributed by atoms with E-state index in [-0.39, 0.29) is 0 Å². The van der Waals surface area contributed by atoms with Crippen LogP contribution in [0.5, 0.6) is 0 Å². The minimum Gasteiger partial charge on any atom is -0.399 e. The van der Waals surface area contributed by atoms with Crippen LogP contribution >= 0.6 is 11.8 Å². The summed E-state index contributed by atoms with van der Waals surface area (Å²) in [5.74, 6) is 0. The SMILES string of the molecule is C[C@@H](Sc1ccccc1)c1ccc(N)cc1. The van der Waals surface area contributed by atoms with Crippen LogP contribution in [0.25, 0.3) is 0 Å². The molecule has 0 radical (unpaired) electrons. The Morgan fingerprint density at radius 3 is 2.19 bits per heavy atom. The highest BCUT2D eigenvalue weighted by atomic mass is 32.2. The predicted octanol–water partition coefficient (Wildman–Crippen LogP) is 4.12. The van der Waals surface area contributed by atoms with E-state index in [0.717, 1.165) is 5.69 Å². The average Bonchev–Trinajstić information content (AvgIpc) is 2.31. The topological polar surface area (TPSA) is 26.0 Å². The second-order valence-corrected chi connectivity index (χ2v) is 5.15. The van der Waals surface area contributed by atoms with Crippen molar-refractivity contribution >= 4 is 17.4 Å². The first-order valence-electron chi connectivity index (χ1n) is 5.33. The van der Waals surface area contributed by atoms with E-state index in [2.05, 4.69) is 43.3 Å². The molecule has 0 fully saturated rings. The van der Waals surface area contributed by atoms with Crippen molar-refractivity contribution in [1.29, 1.82) is 0 Å². The standard InChI is InChI=1S/C14H15NS/c1-11(12-7-9-13(15)10-8-12)16-14-5-3-2-4-6-14/h2-11H,15H2,1H3/t11-/m1/s1. The van der Waals surface area contributed by atoms with Gasteiger partial charge in [0, 0.05) is 15.8 Å². The molecule has 2 aromatic carbocycles. The molecule has 2 heteroatoms. The third kappa shape index (κ3) is 2.80. The van der Waals surface area contributed by atoms with E-state index in [0.29, 0.717) is 5.25 Å². The number of nitrogen functional groups attached to an aromatic ring is 1. The average molecular weight is 229 g/mol. The van der Waals surface area contributed by atoms with Gasteiger partial charge < -0.3 is 5.73 Å². The van der Waals surface area contributed by atoms with Gasteiger partial charge in [0.25, 0.3) is 0 Å². The number of anilines is 1. The molecule has 1 atom stereocenters. The minimum absolute atomic E-state index is 0.447. The number of benzene rings is 2. The molecule has 0 aliphatic carbocycles. The molecule has 0 aliphatic heterocycles. The van der Waals surface area contributed by atoms with Crippen molar-refractivity contribution in [2.24, 2.45) is 0 Å². The number of thioether (sulfide) groups is 1. The van der Waals surface area contributed by atoms with Gasteiger partial charge in [0.05, 0.1) is 0 Å². The maximum absolute atomic E-state index is 5.67. The second-order valence-electron chi connectivity index (χ2n) is 3.74. The van der Waals surface area contributed by atoms with E-state index >= 15 is 0 Å². The molecule has 0 unspecified atom stereocenters. The van der Waals surface area contributed by atoms with Crippen LogP contribution in [0.3, 0.4) is 0 Å². The zero-order chi connectivity index (χ0) is 11.4. The molecule has 0 saturated carbocycles. The fraction of sp³-hybridized carbons (Fsp3) is 0.143. The van der Waals surface area contributed by atoms with Crippen molar-refractivity contribution < 1.29 is 0 Å². The molecular weight excluding hydrogens is 214 g/mol. The molecule has 2 rings (SSSR count). The summed E-state index contributed by atoms with van der Waals surface area (Å²) < 4.78 is 0. The molecule has 2 aromatic rings. The minimum atomic E-state index is 0.447. The van der Waals surface area contributed by atoms with Crippen LogP contribution in [-0.2, 0) is 0 Å². The number of rotatable bonds is 3. The molecule has 0 aromatic heterocycles. The summed E-state index contributed by atoms with van der Waals surface area (Å²) in [7, 11) is 0. The van der Waals surface area contributed by atoms with Crippen molar-refractivity contribution in [3.05, 3.63) is 60.2 Å². The van der Waals surface area contributed by atoms with E-state index in [9.17, 15) is 0 Å². The molecule has 0 heterocycles. The number of hydrogen-bond acceptors (Lipinski definition) is 2. The predicted molar refractivity (Wildman–Crippen MR) is 71.6 cm³/mol. The molecule has 0 amide bonds. The third-order valence-corrected chi connectivity index (χ3v) is 3.63. The van der Waals surface area contributed by atoms with Gasteiger partial charge in [-0.1, -0.05) is 30.3 Å². The first-order chi connectivity index (χ1) is 7.75. The lowest BCUT2D eigenvalue weighted by Crippen LogP contribution is -1.90. The van der Waals surface area contributed by atoms with E-state index in [1.165, 1.54) is 10.5 Å². The summed E-state index contributed by atoms with van der Waals surface area (Å²) in [5, 5.41) is 0.447. The maximum atomic E-state index is 5.67. The van der Waals surface area contributed by atoms with Gasteiger partial charge in [-0.3, -0.25) is 0 Å². The summed E-state index contributed by atoms with van der Waals surface area (Å²) in [6.07, 6.45) is 0. The lowest BCUT2D eigenvalue weighted by atomic mass is 10.1. The second kappa shape index (κ2) is 5.08. The van der Waals surface area contributed by atoms with Gasteiger partial charge in [-0.05, 0) is 36.8 Å². The Morgan fingerprint density at radius 1 is 0.938 bits per heavy atom. The quantitative estimate of drug-likeness (QED) is 0.633. The van der Waals surface area contributed by atoms with Gasteiger partial charge in [0.15, 0.2) is 0 Å². The summed E-state index contributed by atoms with van der Waals surface area (Å²) in [5.41, 5.74) is 7.80. The van der Waals surface area contributed by atoms with E-state index in [1.54, 1.807) is 0 Å². The lowest BCUT2D eigenvalue weighted by Gasteiger charge is -2.11. The van der Waals surface area contributed by atoms with Crippen LogP contribution in [-0.4, -0.2) is 0 Å². The van der Waals surface area contributed by atoms with Crippen LogP contribution in [0.2, 0.25) is 0 Å². The molecule has 1 nitrogen and oxygen atoms in total. The summed E-state index contributed by atoms with van der Waals surface area (Å²) in [6.45, 7) is 2.21. The van der Waals surface area contributed by atoms with Gasteiger partial charge in [-0.15, -0.1) is 11.8 Å². The maximum Gasteiger partial charge on any atom is 0.0316 e. The van der Waals surface area contributed by atoms with E-state index in [1.807, 2.05) is 30.0 Å². The highest BCUT2D eigenvalue weighted by molar-refractivity contribution is 7.99. The van der Waals surface area contributed by atoms with Crippen LogP contribution in [0.15, 0.2) is 59.5 Å². The zero-order valence-electron chi connectivity index (χ0n) is 9.26. The Balaban J connectivity index is 2.09. The van der Waals surface area contributed by atoms with Crippen LogP contribution in [0.4, 0.5) is 5.69 Å². The molecule has 0 aliphatic rings. The van der Waals surface area contributed by atoms with Crippen molar-refractivity contribution in [1.82, 2.24) is 0 Å². The van der Waals surface area contributed by atoms with E-state index in [4.69, 9.17) is 5.73 Å². The monoisotopic (exact) mass is 229 g/mol. The van der Waals surface area contributed by atoms with E-state index < -0.39 is 0 Å². The molecule has 16 heavy (non-hydrogen) atoms. The fourth-order valence-corrected chi connectivity index (χ4v) is 2.55. The Hall–Kier alpha value is -1.41. The van der Waals surface area contributed by atoms with Crippen molar-refractivity contribution in [3.63, 3.8) is 0 Å². The Kier molecular flexibility index (Phi) is 3.52. The Morgan fingerprint density at radius 2 is 1.56 bits per heavy atom. The highest BCUT2D eigenvalue weighted by Gasteiger charge is 2.06. The first-order valence-corrected chi connectivity index (χ1v) is 6.21. The Bertz CT molecular complexity index is 436. The van der Waals surface area contributed by atoms with Gasteiger partial charge in [0.1, 0.15) is 0 Å². The molecule has 82 valence electrons. The smallest absolute Gasteiger partial charge is 0.0316 e. The van der Waals surface area contributed by atoms with Crippen LogP contribution in [0.1, 0.15) is 17.7 Å². The van der Waals surface area contributed by atoms with Crippen LogP contribution in [0, 0.1) is 0 Å². The van der Waals surface area contributed by atoms with Crippen molar-refractivity contribution in [2.45, 2.75) is 17.1 Å². The number of nitrogens with two attached hydrogens (primary N) is 1. The first kappa shape index (κ1) is 11.1. The molecule has 2 N–H and O–H groups in total. The third-order valence-electron chi connectivity index (χ3n) is 2.46. The zero-order valence-corrected chi connectivity index (χ0v) is 10.1. The summed E-state index contributed by atoms with van der Waals surface area (Å²) in [6, 6.07) is 18.5. The lowest BCUT2D eigenvalue weighted by molar-refractivity contribution is 1.10. The van der Waals surface area contributed by atoms with Gasteiger partial charge in [-0.2, -0.15) is 0 Å². The molecule has 0 bridgehead atoms. The fourth-order valence-electron chi connectivity index (χ4n) is 1.54. The van der Waals surface area contributed by atoms with Gasteiger partial charge >= 0.3 is 0 Å². The largest absolute Gasteiger partial charge is 0.399 e. The van der Waals surface area contributed by atoms with Gasteiger partial charge in [-0.25, -0.2) is 0 Å². The Labute approximate surface area is 101 Å². The normalized spacial score (nSPS) is 12.3. The molecule has 0 spiro atoms. The summed E-state index contributed by atoms with van der Waals surface area (Å²) in [4.78, 5) is 1.30.